The van der Waals surface area contributed by atoms with Crippen LogP contribution in [0, 0.1) is 5.92 Å². The molecule has 0 radical (unpaired) electrons. The van der Waals surface area contributed by atoms with Crippen LogP contribution in [0.15, 0.2) is 4.47 Å². The zero-order valence-electron chi connectivity index (χ0n) is 11.3. The minimum atomic E-state index is 0.313. The first-order valence-corrected chi connectivity index (χ1v) is 7.22. The zero-order valence-corrected chi connectivity index (χ0v) is 12.9. The normalized spacial score (nSPS) is 13.4. The van der Waals surface area contributed by atoms with Gasteiger partial charge in [0.05, 0.1) is 15.9 Å². The van der Waals surface area contributed by atoms with E-state index in [1.807, 2.05) is 11.7 Å². The maximum Gasteiger partial charge on any atom is 0.0766 e. The van der Waals surface area contributed by atoms with Crippen LogP contribution in [0.25, 0.3) is 0 Å². The number of hydrogen-bond donors (Lipinski definition) is 1. The average Bonchev–Trinajstić information content (AvgIpc) is 2.55. The number of rotatable bonds is 6. The summed E-state index contributed by atoms with van der Waals surface area (Å²) in [5.41, 5.74) is 8.49. The topological polar surface area (TPSA) is 43.8 Å². The molecule has 1 aromatic rings. The predicted molar refractivity (Wildman–Crippen MR) is 76.0 cm³/mol. The Morgan fingerprint density at radius 2 is 2.06 bits per heavy atom. The molecule has 0 spiro atoms. The average molecular weight is 302 g/mol. The molecule has 0 fully saturated rings. The summed E-state index contributed by atoms with van der Waals surface area (Å²) in [5, 5.41) is 4.50. The molecule has 0 amide bonds. The zero-order chi connectivity index (χ0) is 13.0. The molecule has 0 aromatic carbocycles. The summed E-state index contributed by atoms with van der Waals surface area (Å²) < 4.78 is 3.17. The molecule has 17 heavy (non-hydrogen) atoms. The lowest BCUT2D eigenvalue weighted by Gasteiger charge is -2.15. The standard InChI is InChI=1S/C13H24BrN3/c1-5-11-13(14)12(17(4)16-11)8-6-7-10(15)9(2)3/h9-10H,5-8,15H2,1-4H3. The van der Waals surface area contributed by atoms with Gasteiger partial charge in [-0.3, -0.25) is 4.68 Å². The van der Waals surface area contributed by atoms with Gasteiger partial charge in [0.25, 0.3) is 0 Å². The van der Waals surface area contributed by atoms with Crippen molar-refractivity contribution in [3.05, 3.63) is 15.9 Å². The minimum Gasteiger partial charge on any atom is -0.327 e. The largest absolute Gasteiger partial charge is 0.327 e. The summed E-state index contributed by atoms with van der Waals surface area (Å²) in [5.74, 6) is 0.566. The highest BCUT2D eigenvalue weighted by Gasteiger charge is 2.13. The Hall–Kier alpha value is -0.350. The fourth-order valence-corrected chi connectivity index (χ4v) is 2.74. The van der Waals surface area contributed by atoms with Crippen LogP contribution in [0.2, 0.25) is 0 Å². The lowest BCUT2D eigenvalue weighted by Crippen LogP contribution is -2.26. The Morgan fingerprint density at radius 3 is 2.53 bits per heavy atom. The molecular weight excluding hydrogens is 278 g/mol. The number of nitrogens with zero attached hydrogens (tertiary/aromatic N) is 2. The van der Waals surface area contributed by atoms with Gasteiger partial charge >= 0.3 is 0 Å². The van der Waals surface area contributed by atoms with Crippen molar-refractivity contribution >= 4 is 15.9 Å². The maximum atomic E-state index is 6.05. The van der Waals surface area contributed by atoms with Crippen molar-refractivity contribution in [1.82, 2.24) is 9.78 Å². The number of aromatic nitrogens is 2. The fraction of sp³-hybridized carbons (Fsp3) is 0.769. The Morgan fingerprint density at radius 1 is 1.41 bits per heavy atom. The smallest absolute Gasteiger partial charge is 0.0766 e. The van der Waals surface area contributed by atoms with Gasteiger partial charge in [-0.1, -0.05) is 20.8 Å². The molecule has 1 heterocycles. The molecule has 1 aromatic heterocycles. The third-order valence-electron chi connectivity index (χ3n) is 3.31. The van der Waals surface area contributed by atoms with E-state index in [1.54, 1.807) is 0 Å². The van der Waals surface area contributed by atoms with Crippen molar-refractivity contribution in [2.24, 2.45) is 18.7 Å². The van der Waals surface area contributed by atoms with Crippen LogP contribution in [-0.2, 0) is 19.9 Å². The molecule has 2 N–H and O–H groups in total. The van der Waals surface area contributed by atoms with E-state index in [0.717, 1.165) is 31.4 Å². The lowest BCUT2D eigenvalue weighted by atomic mass is 9.99. The summed E-state index contributed by atoms with van der Waals surface area (Å²) in [4.78, 5) is 0. The Bertz CT molecular complexity index is 358. The summed E-state index contributed by atoms with van der Waals surface area (Å²) >= 11 is 3.64. The Labute approximate surface area is 113 Å². The first-order valence-electron chi connectivity index (χ1n) is 6.43. The molecule has 0 saturated heterocycles. The van der Waals surface area contributed by atoms with E-state index in [9.17, 15) is 0 Å². The van der Waals surface area contributed by atoms with Crippen LogP contribution in [0.4, 0.5) is 0 Å². The molecule has 0 aliphatic rings. The Kier molecular flexibility index (Phi) is 5.67. The highest BCUT2D eigenvalue weighted by Crippen LogP contribution is 2.23. The van der Waals surface area contributed by atoms with Crippen molar-refractivity contribution in [2.45, 2.75) is 52.5 Å². The molecule has 98 valence electrons. The second kappa shape index (κ2) is 6.55. The summed E-state index contributed by atoms with van der Waals surface area (Å²) in [6.07, 6.45) is 4.22. The van der Waals surface area contributed by atoms with E-state index < -0.39 is 0 Å². The van der Waals surface area contributed by atoms with Gasteiger partial charge in [0, 0.05) is 13.1 Å². The molecule has 1 atom stereocenters. The number of aryl methyl sites for hydroxylation is 2. The van der Waals surface area contributed by atoms with Crippen molar-refractivity contribution in [2.75, 3.05) is 0 Å². The number of halogens is 1. The van der Waals surface area contributed by atoms with E-state index >= 15 is 0 Å². The number of hydrogen-bond acceptors (Lipinski definition) is 2. The van der Waals surface area contributed by atoms with Crippen LogP contribution in [0.3, 0.4) is 0 Å². The second-order valence-electron chi connectivity index (χ2n) is 4.98. The SMILES string of the molecule is CCc1nn(C)c(CCCC(N)C(C)C)c1Br. The molecular formula is C13H24BrN3. The lowest BCUT2D eigenvalue weighted by molar-refractivity contribution is 0.449. The third kappa shape index (κ3) is 3.81. The van der Waals surface area contributed by atoms with E-state index in [0.29, 0.717) is 12.0 Å². The van der Waals surface area contributed by atoms with Gasteiger partial charge in [-0.05, 0) is 47.5 Å². The summed E-state index contributed by atoms with van der Waals surface area (Å²) in [6.45, 7) is 6.49. The summed E-state index contributed by atoms with van der Waals surface area (Å²) in [6, 6.07) is 0.313. The van der Waals surface area contributed by atoms with Crippen molar-refractivity contribution in [3.63, 3.8) is 0 Å². The molecule has 4 heteroatoms. The molecule has 1 unspecified atom stereocenters. The molecule has 3 nitrogen and oxygen atoms in total. The van der Waals surface area contributed by atoms with Gasteiger partial charge in [-0.25, -0.2) is 0 Å². The van der Waals surface area contributed by atoms with E-state index in [2.05, 4.69) is 41.8 Å². The number of nitrogens with two attached hydrogens (primary N) is 1. The van der Waals surface area contributed by atoms with E-state index in [-0.39, 0.29) is 0 Å². The van der Waals surface area contributed by atoms with Crippen molar-refractivity contribution in [1.29, 1.82) is 0 Å². The molecule has 0 aliphatic heterocycles. The maximum absolute atomic E-state index is 6.05. The van der Waals surface area contributed by atoms with Crippen LogP contribution in [-0.4, -0.2) is 15.8 Å². The van der Waals surface area contributed by atoms with Gasteiger partial charge in [-0.2, -0.15) is 5.10 Å². The van der Waals surface area contributed by atoms with Crippen molar-refractivity contribution < 1.29 is 0 Å². The monoisotopic (exact) mass is 301 g/mol. The first kappa shape index (κ1) is 14.7. The first-order chi connectivity index (χ1) is 7.97. The molecule has 0 aliphatic carbocycles. The molecule has 1 rings (SSSR count). The van der Waals surface area contributed by atoms with Gasteiger partial charge in [0.2, 0.25) is 0 Å². The van der Waals surface area contributed by atoms with E-state index in [1.165, 1.54) is 10.2 Å². The minimum absolute atomic E-state index is 0.313. The molecule has 0 bridgehead atoms. The van der Waals surface area contributed by atoms with E-state index in [4.69, 9.17) is 5.73 Å². The predicted octanol–water partition coefficient (Wildman–Crippen LogP) is 3.05. The summed E-state index contributed by atoms with van der Waals surface area (Å²) in [7, 11) is 2.02. The van der Waals surface area contributed by atoms with Crippen LogP contribution >= 0.6 is 15.9 Å². The fourth-order valence-electron chi connectivity index (χ4n) is 1.93. The highest BCUT2D eigenvalue weighted by molar-refractivity contribution is 9.10. The quantitative estimate of drug-likeness (QED) is 0.877. The van der Waals surface area contributed by atoms with Crippen molar-refractivity contribution in [3.8, 4) is 0 Å². The van der Waals surface area contributed by atoms with Gasteiger partial charge < -0.3 is 5.73 Å². The van der Waals surface area contributed by atoms with Gasteiger partial charge in [0.15, 0.2) is 0 Å². The van der Waals surface area contributed by atoms with Gasteiger partial charge in [0.1, 0.15) is 0 Å². The van der Waals surface area contributed by atoms with Crippen LogP contribution < -0.4 is 5.73 Å². The Balaban J connectivity index is 2.55. The van der Waals surface area contributed by atoms with Crippen LogP contribution in [0.1, 0.15) is 45.0 Å². The third-order valence-corrected chi connectivity index (χ3v) is 4.23. The second-order valence-corrected chi connectivity index (χ2v) is 5.78. The highest BCUT2D eigenvalue weighted by atomic mass is 79.9. The van der Waals surface area contributed by atoms with Gasteiger partial charge in [-0.15, -0.1) is 0 Å². The van der Waals surface area contributed by atoms with Crippen LogP contribution in [0.5, 0.6) is 0 Å². The molecule has 0 saturated carbocycles.